The lowest BCUT2D eigenvalue weighted by molar-refractivity contribution is -0.116. The third kappa shape index (κ3) is 6.09. The molecule has 4 N–H and O–H groups in total. The quantitative estimate of drug-likeness (QED) is 0.252. The molecule has 0 bridgehead atoms. The van der Waals surface area contributed by atoms with Gasteiger partial charge in [0.1, 0.15) is 17.7 Å². The van der Waals surface area contributed by atoms with Gasteiger partial charge >= 0.3 is 0 Å². The number of anilines is 6. The van der Waals surface area contributed by atoms with Crippen molar-refractivity contribution in [2.24, 2.45) is 0 Å². The van der Waals surface area contributed by atoms with Gasteiger partial charge in [-0.05, 0) is 62.2 Å². The fourth-order valence-electron chi connectivity index (χ4n) is 3.29. The average molecular weight is 490 g/mol. The lowest BCUT2D eigenvalue weighted by Crippen LogP contribution is -2.33. The lowest BCUT2D eigenvalue weighted by Gasteiger charge is -2.17. The molecule has 4 rings (SSSR count). The number of aromatic nitrogens is 3. The van der Waals surface area contributed by atoms with Crippen molar-refractivity contribution in [2.45, 2.75) is 26.8 Å². The number of hydrogen-bond donors (Lipinski definition) is 4. The van der Waals surface area contributed by atoms with Crippen LogP contribution in [0.5, 0.6) is 0 Å². The minimum atomic E-state index is -0.741. The van der Waals surface area contributed by atoms with Crippen molar-refractivity contribution in [3.63, 3.8) is 0 Å². The monoisotopic (exact) mass is 489 g/mol. The number of amides is 1. The second-order valence-corrected chi connectivity index (χ2v) is 8.19. The van der Waals surface area contributed by atoms with Gasteiger partial charge < -0.3 is 21.3 Å². The van der Waals surface area contributed by atoms with Crippen LogP contribution in [0, 0.1) is 25.5 Å². The Labute approximate surface area is 207 Å². The molecule has 1 atom stereocenters. The van der Waals surface area contributed by atoms with E-state index >= 15 is 0 Å². The van der Waals surface area contributed by atoms with Gasteiger partial charge in [-0.1, -0.05) is 36.4 Å². The molecule has 0 radical (unpaired) electrons. The first-order valence-corrected chi connectivity index (χ1v) is 11.2. The van der Waals surface area contributed by atoms with Crippen molar-refractivity contribution in [3.05, 3.63) is 89.5 Å². The summed E-state index contributed by atoms with van der Waals surface area (Å²) in [6.45, 7) is 5.49. The van der Waals surface area contributed by atoms with E-state index in [2.05, 4.69) is 36.2 Å². The third-order valence-corrected chi connectivity index (χ3v) is 5.27. The average Bonchev–Trinajstić information content (AvgIpc) is 2.84. The topological polar surface area (TPSA) is 104 Å². The number of para-hydroxylation sites is 2. The molecule has 1 amide bonds. The highest BCUT2D eigenvalue weighted by Gasteiger charge is 2.17. The van der Waals surface area contributed by atoms with Crippen molar-refractivity contribution in [1.82, 2.24) is 15.0 Å². The zero-order valence-electron chi connectivity index (χ0n) is 19.9. The normalized spacial score (nSPS) is 11.5. The molecule has 1 heterocycles. The van der Waals surface area contributed by atoms with E-state index < -0.39 is 17.7 Å². The zero-order valence-corrected chi connectivity index (χ0v) is 19.9. The summed E-state index contributed by atoms with van der Waals surface area (Å²) in [7, 11) is 0. The molecule has 0 aliphatic rings. The predicted octanol–water partition coefficient (Wildman–Crippen LogP) is 5.69. The summed E-state index contributed by atoms with van der Waals surface area (Å²) in [6, 6.07) is 17.1. The van der Waals surface area contributed by atoms with E-state index in [9.17, 15) is 13.6 Å². The van der Waals surface area contributed by atoms with E-state index in [1.54, 1.807) is 31.2 Å². The summed E-state index contributed by atoms with van der Waals surface area (Å²) >= 11 is 0. The first-order valence-electron chi connectivity index (χ1n) is 11.2. The predicted molar refractivity (Wildman–Crippen MR) is 137 cm³/mol. The molecule has 0 spiro atoms. The maximum atomic E-state index is 14.2. The molecule has 0 aliphatic heterocycles. The van der Waals surface area contributed by atoms with Crippen LogP contribution in [-0.4, -0.2) is 26.9 Å². The number of aryl methyl sites for hydroxylation is 2. The standard InChI is InChI=1S/C26H25F2N7O/c1-15-12-13-16(2)22(14-15)30-23(36)17(3)29-24-33-25(31-20-10-6-4-8-18(20)27)35-26(34-24)32-21-11-7-5-9-19(21)28/h4-14,17H,1-3H3,(H,30,36)(H3,29,31,32,33,34,35)/t17-/m0/s1. The van der Waals surface area contributed by atoms with Gasteiger partial charge in [-0.15, -0.1) is 0 Å². The molecule has 0 saturated carbocycles. The minimum absolute atomic E-state index is 0.00132. The van der Waals surface area contributed by atoms with Gasteiger partial charge in [0.2, 0.25) is 23.8 Å². The van der Waals surface area contributed by atoms with Crippen LogP contribution >= 0.6 is 0 Å². The Balaban J connectivity index is 1.59. The van der Waals surface area contributed by atoms with Gasteiger partial charge in [0.15, 0.2) is 0 Å². The smallest absolute Gasteiger partial charge is 0.246 e. The highest BCUT2D eigenvalue weighted by molar-refractivity contribution is 5.96. The molecule has 36 heavy (non-hydrogen) atoms. The van der Waals surface area contributed by atoms with Crippen LogP contribution in [0.2, 0.25) is 0 Å². The summed E-state index contributed by atoms with van der Waals surface area (Å²) in [4.78, 5) is 25.6. The van der Waals surface area contributed by atoms with Gasteiger partial charge in [0.25, 0.3) is 0 Å². The summed E-state index contributed by atoms with van der Waals surface area (Å²) in [5.41, 5.74) is 2.93. The van der Waals surface area contributed by atoms with Crippen LogP contribution in [0.15, 0.2) is 66.7 Å². The van der Waals surface area contributed by atoms with Crippen LogP contribution in [0.25, 0.3) is 0 Å². The first kappa shape index (κ1) is 24.5. The van der Waals surface area contributed by atoms with Crippen LogP contribution in [0.1, 0.15) is 18.1 Å². The van der Waals surface area contributed by atoms with Gasteiger partial charge in [0.05, 0.1) is 11.4 Å². The third-order valence-electron chi connectivity index (χ3n) is 5.27. The van der Waals surface area contributed by atoms with Crippen LogP contribution < -0.4 is 21.3 Å². The summed E-state index contributed by atoms with van der Waals surface area (Å²) in [5, 5.41) is 11.4. The molecule has 0 unspecified atom stereocenters. The van der Waals surface area contributed by atoms with Crippen molar-refractivity contribution in [1.29, 1.82) is 0 Å². The SMILES string of the molecule is Cc1ccc(C)c(NC(=O)[C@H](C)Nc2nc(Nc3ccccc3F)nc(Nc3ccccc3F)n2)c1. The van der Waals surface area contributed by atoms with E-state index in [0.29, 0.717) is 5.69 Å². The molecular formula is C26H25F2N7O. The lowest BCUT2D eigenvalue weighted by atomic mass is 10.1. The number of carbonyl (C=O) groups excluding carboxylic acids is 1. The first-order chi connectivity index (χ1) is 17.3. The summed E-state index contributed by atoms with van der Waals surface area (Å²) < 4.78 is 28.4. The number of nitrogens with zero attached hydrogens (tertiary/aromatic N) is 3. The maximum absolute atomic E-state index is 14.2. The van der Waals surface area contributed by atoms with Crippen molar-refractivity contribution >= 4 is 40.8 Å². The molecule has 0 fully saturated rings. The van der Waals surface area contributed by atoms with E-state index in [-0.39, 0.29) is 35.1 Å². The fraction of sp³-hybridized carbons (Fsp3) is 0.154. The number of halogens is 2. The number of rotatable bonds is 8. The van der Waals surface area contributed by atoms with Crippen LogP contribution in [-0.2, 0) is 4.79 Å². The van der Waals surface area contributed by atoms with Crippen molar-refractivity contribution in [3.8, 4) is 0 Å². The number of carbonyl (C=O) groups is 1. The highest BCUT2D eigenvalue weighted by atomic mass is 19.1. The second-order valence-electron chi connectivity index (χ2n) is 8.19. The molecule has 8 nitrogen and oxygen atoms in total. The molecule has 0 aliphatic carbocycles. The Morgan fingerprint density at radius 2 is 1.28 bits per heavy atom. The van der Waals surface area contributed by atoms with E-state index in [4.69, 9.17) is 0 Å². The van der Waals surface area contributed by atoms with Crippen molar-refractivity contribution in [2.75, 3.05) is 21.3 Å². The Hall–Kier alpha value is -4.60. The van der Waals surface area contributed by atoms with Gasteiger partial charge in [-0.25, -0.2) is 8.78 Å². The molecule has 10 heteroatoms. The van der Waals surface area contributed by atoms with Crippen LogP contribution in [0.3, 0.4) is 0 Å². The Kier molecular flexibility index (Phi) is 7.33. The Morgan fingerprint density at radius 3 is 1.83 bits per heavy atom. The summed E-state index contributed by atoms with van der Waals surface area (Å²) in [6.07, 6.45) is 0. The van der Waals surface area contributed by atoms with Crippen molar-refractivity contribution < 1.29 is 13.6 Å². The van der Waals surface area contributed by atoms with Gasteiger partial charge in [-0.2, -0.15) is 15.0 Å². The van der Waals surface area contributed by atoms with Crippen LogP contribution in [0.4, 0.5) is 43.7 Å². The Bertz CT molecular complexity index is 1330. The fourth-order valence-corrected chi connectivity index (χ4v) is 3.29. The van der Waals surface area contributed by atoms with E-state index in [1.807, 2.05) is 32.0 Å². The largest absolute Gasteiger partial charge is 0.342 e. The molecule has 1 aromatic heterocycles. The molecule has 4 aromatic rings. The van der Waals surface area contributed by atoms with E-state index in [1.165, 1.54) is 24.3 Å². The van der Waals surface area contributed by atoms with E-state index in [0.717, 1.165) is 11.1 Å². The second kappa shape index (κ2) is 10.8. The van der Waals surface area contributed by atoms with Gasteiger partial charge in [0, 0.05) is 5.69 Å². The number of hydrogen-bond acceptors (Lipinski definition) is 7. The zero-order chi connectivity index (χ0) is 25.7. The number of nitrogens with one attached hydrogen (secondary N) is 4. The Morgan fingerprint density at radius 1 is 0.750 bits per heavy atom. The summed E-state index contributed by atoms with van der Waals surface area (Å²) in [5.74, 6) is -1.28. The highest BCUT2D eigenvalue weighted by Crippen LogP contribution is 2.22. The minimum Gasteiger partial charge on any atom is -0.342 e. The molecule has 3 aromatic carbocycles. The molecular weight excluding hydrogens is 464 g/mol. The molecule has 184 valence electrons. The maximum Gasteiger partial charge on any atom is 0.246 e. The molecule has 0 saturated heterocycles. The van der Waals surface area contributed by atoms with Gasteiger partial charge in [-0.3, -0.25) is 4.79 Å². The number of benzene rings is 3.